The first-order valence-corrected chi connectivity index (χ1v) is 5.60. The van der Waals surface area contributed by atoms with E-state index >= 15 is 0 Å². The molecule has 0 fully saturated rings. The van der Waals surface area contributed by atoms with Crippen molar-refractivity contribution in [2.75, 3.05) is 18.0 Å². The third-order valence-electron chi connectivity index (χ3n) is 2.32. The van der Waals surface area contributed by atoms with Crippen molar-refractivity contribution in [1.29, 1.82) is 0 Å². The molecule has 0 aromatic heterocycles. The first-order valence-electron chi connectivity index (χ1n) is 5.22. The fraction of sp³-hybridized carbons (Fsp3) is 0.417. The number of halogens is 1. The molecule has 0 heterocycles. The summed E-state index contributed by atoms with van der Waals surface area (Å²) in [5.74, 6) is 0. The Morgan fingerprint density at radius 3 is 2.60 bits per heavy atom. The highest BCUT2D eigenvalue weighted by Gasteiger charge is 2.07. The SMILES string of the molecule is CCCN(CC)c1ccc(C=O)cc1Cl. The number of hydrogen-bond acceptors (Lipinski definition) is 2. The van der Waals surface area contributed by atoms with E-state index in [-0.39, 0.29) is 0 Å². The smallest absolute Gasteiger partial charge is 0.150 e. The van der Waals surface area contributed by atoms with Crippen LogP contribution in [-0.2, 0) is 0 Å². The van der Waals surface area contributed by atoms with Gasteiger partial charge in [-0.2, -0.15) is 0 Å². The second-order valence-corrected chi connectivity index (χ2v) is 3.82. The number of benzene rings is 1. The molecule has 0 unspecified atom stereocenters. The molecule has 0 spiro atoms. The molecule has 0 saturated heterocycles. The van der Waals surface area contributed by atoms with Crippen LogP contribution in [0.1, 0.15) is 30.6 Å². The van der Waals surface area contributed by atoms with Gasteiger partial charge in [0.1, 0.15) is 6.29 Å². The molecule has 2 nitrogen and oxygen atoms in total. The summed E-state index contributed by atoms with van der Waals surface area (Å²) in [5.41, 5.74) is 1.63. The van der Waals surface area contributed by atoms with Crippen LogP contribution < -0.4 is 4.90 Å². The number of nitrogens with zero attached hydrogens (tertiary/aromatic N) is 1. The highest BCUT2D eigenvalue weighted by atomic mass is 35.5. The number of aldehydes is 1. The summed E-state index contributed by atoms with van der Waals surface area (Å²) in [6, 6.07) is 5.42. The summed E-state index contributed by atoms with van der Waals surface area (Å²) in [4.78, 5) is 12.8. The minimum absolute atomic E-state index is 0.622. The third-order valence-corrected chi connectivity index (χ3v) is 2.63. The van der Waals surface area contributed by atoms with E-state index in [0.29, 0.717) is 10.6 Å². The van der Waals surface area contributed by atoms with Gasteiger partial charge < -0.3 is 4.90 Å². The van der Waals surface area contributed by atoms with Crippen molar-refractivity contribution in [1.82, 2.24) is 0 Å². The summed E-state index contributed by atoms with van der Waals surface area (Å²) in [5, 5.41) is 0.648. The van der Waals surface area contributed by atoms with Crippen LogP contribution in [-0.4, -0.2) is 19.4 Å². The maximum Gasteiger partial charge on any atom is 0.150 e. The largest absolute Gasteiger partial charge is 0.371 e. The predicted octanol–water partition coefficient (Wildman–Crippen LogP) is 3.39. The lowest BCUT2D eigenvalue weighted by molar-refractivity contribution is 0.112. The molecule has 0 atom stereocenters. The average Bonchev–Trinajstić information content (AvgIpc) is 2.26. The Hall–Kier alpha value is -1.02. The van der Waals surface area contributed by atoms with E-state index in [1.165, 1.54) is 0 Å². The van der Waals surface area contributed by atoms with E-state index in [2.05, 4.69) is 18.7 Å². The van der Waals surface area contributed by atoms with E-state index in [9.17, 15) is 4.79 Å². The van der Waals surface area contributed by atoms with Crippen molar-refractivity contribution in [2.24, 2.45) is 0 Å². The van der Waals surface area contributed by atoms with E-state index < -0.39 is 0 Å². The van der Waals surface area contributed by atoms with Crippen molar-refractivity contribution < 1.29 is 4.79 Å². The van der Waals surface area contributed by atoms with Gasteiger partial charge in [-0.1, -0.05) is 18.5 Å². The van der Waals surface area contributed by atoms with Crippen LogP contribution in [0, 0.1) is 0 Å². The van der Waals surface area contributed by atoms with Crippen molar-refractivity contribution >= 4 is 23.6 Å². The molecule has 0 saturated carbocycles. The Labute approximate surface area is 95.8 Å². The summed E-state index contributed by atoms with van der Waals surface area (Å²) >= 11 is 6.12. The van der Waals surface area contributed by atoms with Gasteiger partial charge in [0.2, 0.25) is 0 Å². The number of rotatable bonds is 5. The lowest BCUT2D eigenvalue weighted by Gasteiger charge is -2.23. The Bertz CT molecular complexity index is 338. The molecule has 1 aromatic rings. The van der Waals surface area contributed by atoms with Gasteiger partial charge in [0, 0.05) is 18.7 Å². The molecule has 0 radical (unpaired) electrons. The maximum absolute atomic E-state index is 10.6. The monoisotopic (exact) mass is 225 g/mol. The molecule has 0 amide bonds. The van der Waals surface area contributed by atoms with Gasteiger partial charge in [0.15, 0.2) is 0 Å². The molecule has 0 aliphatic heterocycles. The van der Waals surface area contributed by atoms with Crippen LogP contribution in [0.4, 0.5) is 5.69 Å². The number of hydrogen-bond donors (Lipinski definition) is 0. The summed E-state index contributed by atoms with van der Waals surface area (Å²) in [7, 11) is 0. The molecule has 82 valence electrons. The van der Waals surface area contributed by atoms with Crippen LogP contribution in [0.25, 0.3) is 0 Å². The van der Waals surface area contributed by atoms with Crippen molar-refractivity contribution in [2.45, 2.75) is 20.3 Å². The van der Waals surface area contributed by atoms with Crippen LogP contribution >= 0.6 is 11.6 Å². The molecule has 0 bridgehead atoms. The van der Waals surface area contributed by atoms with E-state index in [1.54, 1.807) is 12.1 Å². The Morgan fingerprint density at radius 2 is 2.13 bits per heavy atom. The standard InChI is InChI=1S/C12H16ClNO/c1-3-7-14(4-2)12-6-5-10(9-15)8-11(12)13/h5-6,8-9H,3-4,7H2,1-2H3. The zero-order valence-corrected chi connectivity index (χ0v) is 9.92. The highest BCUT2D eigenvalue weighted by molar-refractivity contribution is 6.33. The topological polar surface area (TPSA) is 20.3 Å². The fourth-order valence-electron chi connectivity index (χ4n) is 1.57. The van der Waals surface area contributed by atoms with E-state index in [0.717, 1.165) is 31.5 Å². The zero-order chi connectivity index (χ0) is 11.3. The molecule has 0 N–H and O–H groups in total. The van der Waals surface area contributed by atoms with Gasteiger partial charge in [-0.25, -0.2) is 0 Å². The van der Waals surface area contributed by atoms with Crippen LogP contribution in [0.5, 0.6) is 0 Å². The number of carbonyl (C=O) groups is 1. The van der Waals surface area contributed by atoms with E-state index in [1.807, 2.05) is 6.07 Å². The van der Waals surface area contributed by atoms with Crippen LogP contribution in [0.2, 0.25) is 5.02 Å². The molecule has 1 aromatic carbocycles. The molecule has 0 aliphatic carbocycles. The lowest BCUT2D eigenvalue weighted by Crippen LogP contribution is -2.23. The third kappa shape index (κ3) is 2.96. The van der Waals surface area contributed by atoms with Gasteiger partial charge in [0.05, 0.1) is 10.7 Å². The van der Waals surface area contributed by atoms with Gasteiger partial charge >= 0.3 is 0 Å². The van der Waals surface area contributed by atoms with Gasteiger partial charge in [-0.15, -0.1) is 0 Å². The molecular weight excluding hydrogens is 210 g/mol. The normalized spacial score (nSPS) is 10.1. The van der Waals surface area contributed by atoms with Crippen LogP contribution in [0.3, 0.4) is 0 Å². The zero-order valence-electron chi connectivity index (χ0n) is 9.16. The minimum atomic E-state index is 0.622. The van der Waals surface area contributed by atoms with Crippen molar-refractivity contribution in [3.8, 4) is 0 Å². The molecular formula is C12H16ClNO. The number of anilines is 1. The molecule has 3 heteroatoms. The van der Waals surface area contributed by atoms with Crippen LogP contribution in [0.15, 0.2) is 18.2 Å². The Balaban J connectivity index is 2.97. The quantitative estimate of drug-likeness (QED) is 0.716. The highest BCUT2D eigenvalue weighted by Crippen LogP contribution is 2.26. The van der Waals surface area contributed by atoms with Gasteiger partial charge in [-0.05, 0) is 31.5 Å². The predicted molar refractivity (Wildman–Crippen MR) is 65.0 cm³/mol. The second-order valence-electron chi connectivity index (χ2n) is 3.41. The maximum atomic E-state index is 10.6. The summed E-state index contributed by atoms with van der Waals surface area (Å²) in [6.45, 7) is 6.14. The Morgan fingerprint density at radius 1 is 1.40 bits per heavy atom. The van der Waals surface area contributed by atoms with E-state index in [4.69, 9.17) is 11.6 Å². The minimum Gasteiger partial charge on any atom is -0.371 e. The second kappa shape index (κ2) is 5.76. The average molecular weight is 226 g/mol. The Kier molecular flexibility index (Phi) is 4.63. The first kappa shape index (κ1) is 12.1. The first-order chi connectivity index (χ1) is 7.22. The lowest BCUT2D eigenvalue weighted by atomic mass is 10.2. The molecule has 15 heavy (non-hydrogen) atoms. The fourth-order valence-corrected chi connectivity index (χ4v) is 1.88. The number of carbonyl (C=O) groups excluding carboxylic acids is 1. The molecule has 0 aliphatic rings. The molecule has 1 rings (SSSR count). The van der Waals surface area contributed by atoms with Crippen molar-refractivity contribution in [3.63, 3.8) is 0 Å². The summed E-state index contributed by atoms with van der Waals surface area (Å²) < 4.78 is 0. The summed E-state index contributed by atoms with van der Waals surface area (Å²) in [6.07, 6.45) is 1.89. The van der Waals surface area contributed by atoms with Gasteiger partial charge in [-0.3, -0.25) is 4.79 Å². The van der Waals surface area contributed by atoms with Crippen molar-refractivity contribution in [3.05, 3.63) is 28.8 Å². The van der Waals surface area contributed by atoms with Gasteiger partial charge in [0.25, 0.3) is 0 Å².